The van der Waals surface area contributed by atoms with Crippen molar-refractivity contribution in [2.75, 3.05) is 0 Å². The highest BCUT2D eigenvalue weighted by Gasteiger charge is 2.48. The van der Waals surface area contributed by atoms with Gasteiger partial charge < -0.3 is 0 Å². The molecule has 0 heterocycles. The molecular weight excluding hydrogens is 192 g/mol. The van der Waals surface area contributed by atoms with Crippen LogP contribution in [-0.4, -0.2) is 0 Å². The Morgan fingerprint density at radius 3 is 1.12 bits per heavy atom. The smallest absolute Gasteiger partial charge is 0.0274 e. The Kier molecular flexibility index (Phi) is 4.49. The van der Waals surface area contributed by atoms with E-state index >= 15 is 0 Å². The van der Waals surface area contributed by atoms with Crippen molar-refractivity contribution < 1.29 is 0 Å². The summed E-state index contributed by atoms with van der Waals surface area (Å²) in [5.41, 5.74) is 1.29. The minimum atomic E-state index is 0.646. The molecule has 0 aromatic rings. The molecule has 0 aromatic heterocycles. The number of hydrogen-bond donors (Lipinski definition) is 0. The minimum absolute atomic E-state index is 0.646. The summed E-state index contributed by atoms with van der Waals surface area (Å²) in [6, 6.07) is 0. The zero-order valence-electron chi connectivity index (χ0n) is 12.4. The summed E-state index contributed by atoms with van der Waals surface area (Å²) in [6.45, 7) is 14.7. The molecule has 0 spiro atoms. The fourth-order valence-corrected chi connectivity index (χ4v) is 4.51. The maximum atomic E-state index is 2.52. The van der Waals surface area contributed by atoms with Gasteiger partial charge in [-0.3, -0.25) is 0 Å². The average molecular weight is 224 g/mol. The molecule has 0 amide bonds. The first-order valence-electron chi connectivity index (χ1n) is 7.52. The summed E-state index contributed by atoms with van der Waals surface area (Å²) >= 11 is 0. The standard InChI is InChI=1S/C16H32/c1-7-15(8-2)11-12-16(9-3,10-4)14(6)13(15)5/h13-14H,7-12H2,1-6H3. The third-order valence-electron chi connectivity index (χ3n) is 6.62. The number of rotatable bonds is 4. The van der Waals surface area contributed by atoms with Gasteiger partial charge in [-0.05, 0) is 35.5 Å². The lowest BCUT2D eigenvalue weighted by Gasteiger charge is -2.55. The van der Waals surface area contributed by atoms with E-state index < -0.39 is 0 Å². The molecule has 1 aliphatic rings. The van der Waals surface area contributed by atoms with E-state index in [0.29, 0.717) is 10.8 Å². The highest BCUT2D eigenvalue weighted by molar-refractivity contribution is 4.98. The molecule has 0 aromatic carbocycles. The van der Waals surface area contributed by atoms with E-state index in [-0.39, 0.29) is 0 Å². The second-order valence-electron chi connectivity index (χ2n) is 6.22. The van der Waals surface area contributed by atoms with Crippen molar-refractivity contribution in [2.45, 2.75) is 80.1 Å². The lowest BCUT2D eigenvalue weighted by atomic mass is 9.50. The molecule has 16 heavy (non-hydrogen) atoms. The Labute approximate surface area is 103 Å². The third-order valence-corrected chi connectivity index (χ3v) is 6.62. The molecular formula is C16H32. The molecule has 0 radical (unpaired) electrons. The van der Waals surface area contributed by atoms with Gasteiger partial charge in [-0.2, -0.15) is 0 Å². The molecule has 96 valence electrons. The van der Waals surface area contributed by atoms with Crippen molar-refractivity contribution >= 4 is 0 Å². The van der Waals surface area contributed by atoms with Gasteiger partial charge in [-0.1, -0.05) is 67.2 Å². The molecule has 0 nitrogen and oxygen atoms in total. The van der Waals surface area contributed by atoms with E-state index in [4.69, 9.17) is 0 Å². The van der Waals surface area contributed by atoms with Crippen LogP contribution in [-0.2, 0) is 0 Å². The summed E-state index contributed by atoms with van der Waals surface area (Å²) in [6.07, 6.45) is 8.43. The Bertz CT molecular complexity index is 184. The Hall–Kier alpha value is 0. The van der Waals surface area contributed by atoms with E-state index in [1.165, 1.54) is 38.5 Å². The molecule has 1 saturated carbocycles. The normalized spacial score (nSPS) is 32.6. The topological polar surface area (TPSA) is 0 Å². The van der Waals surface area contributed by atoms with Gasteiger partial charge in [0, 0.05) is 0 Å². The van der Waals surface area contributed by atoms with Gasteiger partial charge in [0.25, 0.3) is 0 Å². The van der Waals surface area contributed by atoms with Gasteiger partial charge in [-0.15, -0.1) is 0 Å². The van der Waals surface area contributed by atoms with E-state index in [1.807, 2.05) is 0 Å². The fourth-order valence-electron chi connectivity index (χ4n) is 4.51. The summed E-state index contributed by atoms with van der Waals surface area (Å²) in [5.74, 6) is 1.80. The maximum Gasteiger partial charge on any atom is -0.0274 e. The molecule has 2 unspecified atom stereocenters. The van der Waals surface area contributed by atoms with Crippen LogP contribution in [0.15, 0.2) is 0 Å². The van der Waals surface area contributed by atoms with Crippen molar-refractivity contribution in [3.63, 3.8) is 0 Å². The summed E-state index contributed by atoms with van der Waals surface area (Å²) in [5, 5.41) is 0. The summed E-state index contributed by atoms with van der Waals surface area (Å²) < 4.78 is 0. The maximum absolute atomic E-state index is 2.52. The quantitative estimate of drug-likeness (QED) is 0.577. The van der Waals surface area contributed by atoms with Crippen LogP contribution in [0.4, 0.5) is 0 Å². The lowest BCUT2D eigenvalue weighted by Crippen LogP contribution is -2.46. The van der Waals surface area contributed by atoms with Crippen LogP contribution in [0.2, 0.25) is 0 Å². The largest absolute Gasteiger partial charge is 0.0648 e. The summed E-state index contributed by atoms with van der Waals surface area (Å²) in [7, 11) is 0. The second kappa shape index (κ2) is 5.10. The van der Waals surface area contributed by atoms with Crippen LogP contribution in [0.5, 0.6) is 0 Å². The SMILES string of the molecule is CCC1(CC)CCC(CC)(CC)C(C)C1C. The van der Waals surface area contributed by atoms with E-state index in [2.05, 4.69) is 41.5 Å². The van der Waals surface area contributed by atoms with Crippen LogP contribution >= 0.6 is 0 Å². The fraction of sp³-hybridized carbons (Fsp3) is 1.00. The van der Waals surface area contributed by atoms with Crippen molar-refractivity contribution in [3.8, 4) is 0 Å². The van der Waals surface area contributed by atoms with Crippen molar-refractivity contribution in [1.29, 1.82) is 0 Å². The molecule has 0 saturated heterocycles. The zero-order valence-corrected chi connectivity index (χ0v) is 12.4. The molecule has 0 aliphatic heterocycles. The molecule has 0 bridgehead atoms. The number of hydrogen-bond acceptors (Lipinski definition) is 0. The van der Waals surface area contributed by atoms with Crippen LogP contribution in [0, 0.1) is 22.7 Å². The zero-order chi connectivity index (χ0) is 12.4. The van der Waals surface area contributed by atoms with Crippen molar-refractivity contribution in [3.05, 3.63) is 0 Å². The Morgan fingerprint density at radius 1 is 0.688 bits per heavy atom. The lowest BCUT2D eigenvalue weighted by molar-refractivity contribution is -0.0494. The second-order valence-corrected chi connectivity index (χ2v) is 6.22. The van der Waals surface area contributed by atoms with Crippen molar-refractivity contribution in [2.24, 2.45) is 22.7 Å². The first kappa shape index (κ1) is 14.1. The minimum Gasteiger partial charge on any atom is -0.0648 e. The first-order chi connectivity index (χ1) is 7.52. The van der Waals surface area contributed by atoms with E-state index in [9.17, 15) is 0 Å². The highest BCUT2D eigenvalue weighted by atomic mass is 14.5. The summed E-state index contributed by atoms with van der Waals surface area (Å²) in [4.78, 5) is 0. The molecule has 1 fully saturated rings. The van der Waals surface area contributed by atoms with Gasteiger partial charge in [0.2, 0.25) is 0 Å². The van der Waals surface area contributed by atoms with Crippen molar-refractivity contribution in [1.82, 2.24) is 0 Å². The van der Waals surface area contributed by atoms with Crippen LogP contribution in [0.25, 0.3) is 0 Å². The van der Waals surface area contributed by atoms with Gasteiger partial charge in [-0.25, -0.2) is 0 Å². The van der Waals surface area contributed by atoms with Gasteiger partial charge in [0.05, 0.1) is 0 Å². The molecule has 2 atom stereocenters. The predicted molar refractivity (Wildman–Crippen MR) is 73.6 cm³/mol. The van der Waals surface area contributed by atoms with Gasteiger partial charge in [0.1, 0.15) is 0 Å². The molecule has 1 rings (SSSR count). The Balaban J connectivity index is 2.94. The average Bonchev–Trinajstić information content (AvgIpc) is 2.34. The Morgan fingerprint density at radius 2 is 0.938 bits per heavy atom. The monoisotopic (exact) mass is 224 g/mol. The molecule has 0 heteroatoms. The molecule has 0 N–H and O–H groups in total. The van der Waals surface area contributed by atoms with Gasteiger partial charge >= 0.3 is 0 Å². The third kappa shape index (κ3) is 1.93. The molecule has 1 aliphatic carbocycles. The van der Waals surface area contributed by atoms with Crippen LogP contribution in [0.3, 0.4) is 0 Å². The predicted octanol–water partition coefficient (Wildman–Crippen LogP) is 5.67. The van der Waals surface area contributed by atoms with Crippen LogP contribution < -0.4 is 0 Å². The van der Waals surface area contributed by atoms with E-state index in [0.717, 1.165) is 11.8 Å². The van der Waals surface area contributed by atoms with Gasteiger partial charge in [0.15, 0.2) is 0 Å². The van der Waals surface area contributed by atoms with Crippen LogP contribution in [0.1, 0.15) is 80.1 Å². The highest BCUT2D eigenvalue weighted by Crippen LogP contribution is 2.58. The van der Waals surface area contributed by atoms with E-state index in [1.54, 1.807) is 0 Å². The first-order valence-corrected chi connectivity index (χ1v) is 7.52.